The highest BCUT2D eigenvalue weighted by molar-refractivity contribution is 5.85. The highest BCUT2D eigenvalue weighted by atomic mass is 16.5. The molecule has 1 unspecified atom stereocenters. The van der Waals surface area contributed by atoms with Gasteiger partial charge < -0.3 is 19.5 Å². The molecular formula is C17H29NO5. The van der Waals surface area contributed by atoms with Crippen molar-refractivity contribution >= 4 is 11.9 Å². The molecule has 132 valence electrons. The number of nitrogens with zero attached hydrogens (tertiary/aromatic N) is 1. The molecule has 1 heterocycles. The maximum atomic E-state index is 13.0. The number of piperidine rings is 1. The Morgan fingerprint density at radius 3 is 2.30 bits per heavy atom. The van der Waals surface area contributed by atoms with E-state index in [1.165, 1.54) is 0 Å². The Balaban J connectivity index is 2.08. The van der Waals surface area contributed by atoms with Crippen LogP contribution in [0.1, 0.15) is 44.9 Å². The largest absolute Gasteiger partial charge is 0.481 e. The normalized spacial score (nSPS) is 26.6. The Bertz CT molecular complexity index is 435. The summed E-state index contributed by atoms with van der Waals surface area (Å²) in [5, 5.41) is 9.76. The first-order chi connectivity index (χ1) is 11.0. The summed E-state index contributed by atoms with van der Waals surface area (Å²) in [6.45, 7) is 1.96. The maximum Gasteiger partial charge on any atom is 0.311 e. The van der Waals surface area contributed by atoms with E-state index >= 15 is 0 Å². The first-order valence-corrected chi connectivity index (χ1v) is 8.50. The van der Waals surface area contributed by atoms with Gasteiger partial charge in [-0.05, 0) is 38.5 Å². The Hall–Kier alpha value is -1.14. The molecule has 0 spiro atoms. The number of rotatable bonds is 8. The molecule has 2 fully saturated rings. The SMILES string of the molecule is COCCCC1(C(=O)O)CCCN(C(=O)C2(COC)CCC2)C1. The fourth-order valence-corrected chi connectivity index (χ4v) is 3.98. The Morgan fingerprint density at radius 1 is 1.09 bits per heavy atom. The minimum absolute atomic E-state index is 0.0858. The van der Waals surface area contributed by atoms with Gasteiger partial charge in [0.15, 0.2) is 0 Å². The molecule has 2 aliphatic rings. The monoisotopic (exact) mass is 327 g/mol. The molecule has 23 heavy (non-hydrogen) atoms. The van der Waals surface area contributed by atoms with Crippen molar-refractivity contribution in [1.29, 1.82) is 0 Å². The summed E-state index contributed by atoms with van der Waals surface area (Å²) in [7, 11) is 3.24. The standard InChI is InChI=1S/C17H29NO5/c1-22-11-5-9-16(15(20)21)8-4-10-18(12-16)14(19)17(13-23-2)6-3-7-17/h3-13H2,1-2H3,(H,20,21). The highest BCUT2D eigenvalue weighted by Gasteiger charge is 2.50. The number of hydrogen-bond donors (Lipinski definition) is 1. The highest BCUT2D eigenvalue weighted by Crippen LogP contribution is 2.44. The average Bonchev–Trinajstić information content (AvgIpc) is 2.50. The third-order valence-electron chi connectivity index (χ3n) is 5.51. The molecule has 0 bridgehead atoms. The minimum atomic E-state index is -0.829. The van der Waals surface area contributed by atoms with E-state index in [4.69, 9.17) is 9.47 Å². The van der Waals surface area contributed by atoms with Crippen LogP contribution in [0.25, 0.3) is 0 Å². The van der Waals surface area contributed by atoms with Crippen molar-refractivity contribution in [3.8, 4) is 0 Å². The van der Waals surface area contributed by atoms with Crippen LogP contribution in [0.3, 0.4) is 0 Å². The zero-order valence-electron chi connectivity index (χ0n) is 14.3. The molecule has 1 saturated carbocycles. The van der Waals surface area contributed by atoms with Crippen molar-refractivity contribution in [2.45, 2.75) is 44.9 Å². The van der Waals surface area contributed by atoms with Crippen LogP contribution < -0.4 is 0 Å². The summed E-state index contributed by atoms with van der Waals surface area (Å²) in [4.78, 5) is 26.6. The molecule has 1 amide bonds. The molecule has 0 aromatic rings. The van der Waals surface area contributed by atoms with E-state index < -0.39 is 16.8 Å². The molecule has 1 N–H and O–H groups in total. The summed E-state index contributed by atoms with van der Waals surface area (Å²) >= 11 is 0. The van der Waals surface area contributed by atoms with Crippen LogP contribution in [0.4, 0.5) is 0 Å². The van der Waals surface area contributed by atoms with Gasteiger partial charge in [-0.2, -0.15) is 0 Å². The first kappa shape index (κ1) is 18.2. The quantitative estimate of drug-likeness (QED) is 0.689. The molecule has 2 rings (SSSR count). The van der Waals surface area contributed by atoms with Gasteiger partial charge in [-0.15, -0.1) is 0 Å². The third-order valence-corrected chi connectivity index (χ3v) is 5.51. The number of likely N-dealkylation sites (tertiary alicyclic amines) is 1. The van der Waals surface area contributed by atoms with Crippen LogP contribution >= 0.6 is 0 Å². The third kappa shape index (κ3) is 3.69. The molecule has 0 aromatic heterocycles. The van der Waals surface area contributed by atoms with Crippen molar-refractivity contribution in [2.75, 3.05) is 40.5 Å². The van der Waals surface area contributed by atoms with E-state index in [0.29, 0.717) is 45.6 Å². The predicted molar refractivity (Wildman–Crippen MR) is 85.2 cm³/mol. The number of amides is 1. The molecule has 0 radical (unpaired) electrons. The van der Waals surface area contributed by atoms with Gasteiger partial charge in [0.1, 0.15) is 0 Å². The topological polar surface area (TPSA) is 76.1 Å². The van der Waals surface area contributed by atoms with Crippen LogP contribution in [-0.4, -0.2) is 62.4 Å². The molecule has 1 aliphatic heterocycles. The van der Waals surface area contributed by atoms with Gasteiger partial charge in [-0.25, -0.2) is 0 Å². The molecule has 6 heteroatoms. The van der Waals surface area contributed by atoms with Crippen molar-refractivity contribution in [1.82, 2.24) is 4.90 Å². The van der Waals surface area contributed by atoms with E-state index in [-0.39, 0.29) is 5.91 Å². The number of aliphatic carboxylic acids is 1. The van der Waals surface area contributed by atoms with E-state index in [1.807, 2.05) is 0 Å². The van der Waals surface area contributed by atoms with Crippen LogP contribution in [-0.2, 0) is 19.1 Å². The number of carbonyl (C=O) groups is 2. The van der Waals surface area contributed by atoms with Crippen molar-refractivity contribution < 1.29 is 24.2 Å². The number of carboxylic acid groups (broad SMARTS) is 1. The van der Waals surface area contributed by atoms with Gasteiger partial charge in [0.25, 0.3) is 0 Å². The fourth-order valence-electron chi connectivity index (χ4n) is 3.98. The molecular weight excluding hydrogens is 298 g/mol. The Labute approximate surface area is 138 Å². The second-order valence-electron chi connectivity index (χ2n) is 7.08. The number of carboxylic acids is 1. The molecule has 1 aliphatic carbocycles. The number of ether oxygens (including phenoxy) is 2. The predicted octanol–water partition coefficient (Wildman–Crippen LogP) is 1.92. The van der Waals surface area contributed by atoms with Gasteiger partial charge in [0.2, 0.25) is 5.91 Å². The fraction of sp³-hybridized carbons (Fsp3) is 0.882. The lowest BCUT2D eigenvalue weighted by Gasteiger charge is -2.47. The Kier molecular flexibility index (Phi) is 6.03. The second-order valence-corrected chi connectivity index (χ2v) is 7.08. The lowest BCUT2D eigenvalue weighted by Crippen LogP contribution is -2.56. The molecule has 6 nitrogen and oxygen atoms in total. The molecule has 1 saturated heterocycles. The van der Waals surface area contributed by atoms with E-state index in [9.17, 15) is 14.7 Å². The number of hydrogen-bond acceptors (Lipinski definition) is 4. The van der Waals surface area contributed by atoms with E-state index in [0.717, 1.165) is 25.7 Å². The van der Waals surface area contributed by atoms with Crippen molar-refractivity contribution in [2.24, 2.45) is 10.8 Å². The van der Waals surface area contributed by atoms with Crippen LogP contribution in [0.2, 0.25) is 0 Å². The zero-order valence-corrected chi connectivity index (χ0v) is 14.3. The van der Waals surface area contributed by atoms with E-state index in [2.05, 4.69) is 0 Å². The van der Waals surface area contributed by atoms with Crippen LogP contribution in [0.15, 0.2) is 0 Å². The van der Waals surface area contributed by atoms with Crippen LogP contribution in [0.5, 0.6) is 0 Å². The van der Waals surface area contributed by atoms with Gasteiger partial charge in [0, 0.05) is 33.9 Å². The van der Waals surface area contributed by atoms with Gasteiger partial charge >= 0.3 is 5.97 Å². The van der Waals surface area contributed by atoms with Crippen LogP contribution in [0, 0.1) is 10.8 Å². The van der Waals surface area contributed by atoms with Gasteiger partial charge in [-0.3, -0.25) is 9.59 Å². The molecule has 0 aromatic carbocycles. The second kappa shape index (κ2) is 7.62. The smallest absolute Gasteiger partial charge is 0.311 e. The summed E-state index contributed by atoms with van der Waals surface area (Å²) in [6, 6.07) is 0. The number of methoxy groups -OCH3 is 2. The minimum Gasteiger partial charge on any atom is -0.481 e. The average molecular weight is 327 g/mol. The van der Waals surface area contributed by atoms with Gasteiger partial charge in [0.05, 0.1) is 17.4 Å². The Morgan fingerprint density at radius 2 is 1.78 bits per heavy atom. The van der Waals surface area contributed by atoms with Crippen molar-refractivity contribution in [3.63, 3.8) is 0 Å². The summed E-state index contributed by atoms with van der Waals surface area (Å²) in [6.07, 6.45) is 5.37. The summed E-state index contributed by atoms with van der Waals surface area (Å²) < 4.78 is 10.3. The molecule has 1 atom stereocenters. The zero-order chi connectivity index (χ0) is 16.9. The first-order valence-electron chi connectivity index (χ1n) is 8.50. The van der Waals surface area contributed by atoms with E-state index in [1.54, 1.807) is 19.1 Å². The lowest BCUT2D eigenvalue weighted by molar-refractivity contribution is -0.163. The lowest BCUT2D eigenvalue weighted by atomic mass is 9.67. The van der Waals surface area contributed by atoms with Gasteiger partial charge in [-0.1, -0.05) is 6.42 Å². The summed E-state index contributed by atoms with van der Waals surface area (Å²) in [5.41, 5.74) is -1.24. The maximum absolute atomic E-state index is 13.0. The summed E-state index contributed by atoms with van der Waals surface area (Å²) in [5.74, 6) is -0.705. The van der Waals surface area contributed by atoms with Crippen molar-refractivity contribution in [3.05, 3.63) is 0 Å². The number of carbonyl (C=O) groups excluding carboxylic acids is 1.